The van der Waals surface area contributed by atoms with Gasteiger partial charge in [-0.25, -0.2) is 4.39 Å². The molecule has 5 rings (SSSR count). The highest BCUT2D eigenvalue weighted by atomic mass is 32.1. The van der Waals surface area contributed by atoms with Gasteiger partial charge in [-0.05, 0) is 42.8 Å². The van der Waals surface area contributed by atoms with Crippen LogP contribution in [-0.4, -0.2) is 29.1 Å². The van der Waals surface area contributed by atoms with Crippen molar-refractivity contribution in [2.45, 2.75) is 32.2 Å². The molecule has 8 heteroatoms. The van der Waals surface area contributed by atoms with Gasteiger partial charge in [-0.1, -0.05) is 6.92 Å². The van der Waals surface area contributed by atoms with E-state index in [-0.39, 0.29) is 16.8 Å². The van der Waals surface area contributed by atoms with Crippen molar-refractivity contribution in [2.75, 3.05) is 25.1 Å². The van der Waals surface area contributed by atoms with Crippen molar-refractivity contribution >= 4 is 38.3 Å². The molecule has 3 heterocycles. The van der Waals surface area contributed by atoms with Crippen molar-refractivity contribution in [2.24, 2.45) is 5.92 Å². The van der Waals surface area contributed by atoms with Crippen LogP contribution in [0.25, 0.3) is 21.1 Å². The highest BCUT2D eigenvalue weighted by Gasteiger charge is 2.33. The second kappa shape index (κ2) is 5.82. The molecule has 1 aliphatic carbocycles. The molecule has 1 unspecified atom stereocenters. The fourth-order valence-electron chi connectivity index (χ4n) is 4.23. The predicted octanol–water partition coefficient (Wildman–Crippen LogP) is 3.23. The zero-order valence-corrected chi connectivity index (χ0v) is 16.0. The van der Waals surface area contributed by atoms with E-state index in [1.165, 1.54) is 13.2 Å². The van der Waals surface area contributed by atoms with Crippen LogP contribution < -0.4 is 20.6 Å². The van der Waals surface area contributed by atoms with Gasteiger partial charge in [0.15, 0.2) is 11.6 Å². The summed E-state index contributed by atoms with van der Waals surface area (Å²) in [6.45, 7) is 3.66. The highest BCUT2D eigenvalue weighted by molar-refractivity contribution is 7.12. The quantitative estimate of drug-likeness (QED) is 0.747. The Labute approximate surface area is 158 Å². The number of methoxy groups -OCH3 is 1. The minimum atomic E-state index is -0.473. The lowest BCUT2D eigenvalue weighted by molar-refractivity contribution is 0.414. The summed E-state index contributed by atoms with van der Waals surface area (Å²) in [4.78, 5) is 27.8. The zero-order chi connectivity index (χ0) is 18.9. The average Bonchev–Trinajstić information content (AvgIpc) is 3.28. The number of aromatic amines is 1. The first-order valence-electron chi connectivity index (χ1n) is 9.22. The molecule has 0 spiro atoms. The Bertz CT molecular complexity index is 1190. The lowest BCUT2D eigenvalue weighted by atomic mass is 10.1. The molecular weight excluding hydrogens is 369 g/mol. The van der Waals surface area contributed by atoms with Crippen LogP contribution >= 0.6 is 11.5 Å². The number of benzene rings is 1. The minimum Gasteiger partial charge on any atom is -0.492 e. The molecule has 1 saturated carbocycles. The van der Waals surface area contributed by atoms with Crippen molar-refractivity contribution in [1.29, 1.82) is 0 Å². The SMILES string of the molecule is COc1c(N2CCC(C)C2)c(F)cc2c(=O)c3c(=O)[nH]sc3n(C3CC3)c12. The zero-order valence-electron chi connectivity index (χ0n) is 15.2. The monoisotopic (exact) mass is 389 g/mol. The molecule has 2 fully saturated rings. The number of halogens is 1. The summed E-state index contributed by atoms with van der Waals surface area (Å²) < 4.78 is 25.5. The molecule has 0 radical (unpaired) electrons. The van der Waals surface area contributed by atoms with Crippen LogP contribution in [0.15, 0.2) is 15.7 Å². The van der Waals surface area contributed by atoms with Crippen LogP contribution in [0.3, 0.4) is 0 Å². The maximum Gasteiger partial charge on any atom is 0.271 e. The van der Waals surface area contributed by atoms with E-state index in [9.17, 15) is 9.59 Å². The molecule has 27 heavy (non-hydrogen) atoms. The van der Waals surface area contributed by atoms with E-state index in [2.05, 4.69) is 11.3 Å². The van der Waals surface area contributed by atoms with Crippen molar-refractivity contribution < 1.29 is 9.13 Å². The number of ether oxygens (including phenoxy) is 1. The van der Waals surface area contributed by atoms with Crippen LogP contribution in [0.4, 0.5) is 10.1 Å². The Morgan fingerprint density at radius 3 is 2.70 bits per heavy atom. The predicted molar refractivity (Wildman–Crippen MR) is 105 cm³/mol. The fraction of sp³-hybridized carbons (Fsp3) is 0.474. The average molecular weight is 389 g/mol. The molecule has 2 aromatic heterocycles. The van der Waals surface area contributed by atoms with Gasteiger partial charge < -0.3 is 14.2 Å². The number of rotatable bonds is 3. The Balaban J connectivity index is 1.94. The standard InChI is InChI=1S/C19H20FN3O3S/c1-9-5-6-22(8-9)15-12(20)7-11-14(17(15)26-2)23(10-3-4-10)19-13(16(11)24)18(25)21-27-19/h7,9-10H,3-6,8H2,1-2H3,(H,21,25). The minimum absolute atomic E-state index is 0.114. The lowest BCUT2D eigenvalue weighted by Gasteiger charge is -2.24. The smallest absolute Gasteiger partial charge is 0.271 e. The molecular formula is C19H20FN3O3S. The number of nitrogens with one attached hydrogen (secondary N) is 1. The van der Waals surface area contributed by atoms with E-state index in [0.29, 0.717) is 27.7 Å². The van der Waals surface area contributed by atoms with Crippen molar-refractivity contribution in [3.63, 3.8) is 0 Å². The van der Waals surface area contributed by atoms with Crippen LogP contribution in [-0.2, 0) is 0 Å². The van der Waals surface area contributed by atoms with E-state index in [4.69, 9.17) is 4.74 Å². The van der Waals surface area contributed by atoms with Gasteiger partial charge in [-0.15, -0.1) is 0 Å². The van der Waals surface area contributed by atoms with Crippen molar-refractivity contribution in [3.8, 4) is 5.75 Å². The number of pyridine rings is 1. The molecule has 1 N–H and O–H groups in total. The van der Waals surface area contributed by atoms with Gasteiger partial charge in [0.2, 0.25) is 5.43 Å². The van der Waals surface area contributed by atoms with E-state index >= 15 is 4.39 Å². The Hall–Kier alpha value is -2.35. The second-order valence-corrected chi connectivity index (χ2v) is 8.41. The van der Waals surface area contributed by atoms with E-state index in [0.717, 1.165) is 43.9 Å². The van der Waals surface area contributed by atoms with Crippen molar-refractivity contribution in [1.82, 2.24) is 8.94 Å². The summed E-state index contributed by atoms with van der Waals surface area (Å²) in [7, 11) is 1.52. The normalized spacial score (nSPS) is 20.1. The number of hydrogen-bond donors (Lipinski definition) is 1. The maximum absolute atomic E-state index is 15.1. The second-order valence-electron chi connectivity index (χ2n) is 7.62. The highest BCUT2D eigenvalue weighted by Crippen LogP contribution is 2.46. The lowest BCUT2D eigenvalue weighted by Crippen LogP contribution is -2.23. The molecule has 1 saturated heterocycles. The number of fused-ring (bicyclic) bond motifs is 2. The molecule has 6 nitrogen and oxygen atoms in total. The van der Waals surface area contributed by atoms with Gasteiger partial charge in [-0.2, -0.15) is 0 Å². The Kier molecular flexibility index (Phi) is 3.62. The van der Waals surface area contributed by atoms with Crippen molar-refractivity contribution in [3.05, 3.63) is 32.5 Å². The summed E-state index contributed by atoms with van der Waals surface area (Å²) in [5.41, 5.74) is 0.181. The van der Waals surface area contributed by atoms with Crippen LogP contribution in [0.2, 0.25) is 0 Å². The molecule has 142 valence electrons. The fourth-order valence-corrected chi connectivity index (χ4v) is 5.14. The molecule has 1 aromatic carbocycles. The first-order valence-corrected chi connectivity index (χ1v) is 10.0. The van der Waals surface area contributed by atoms with Gasteiger partial charge in [0.05, 0.1) is 18.0 Å². The van der Waals surface area contributed by atoms with E-state index in [1.807, 2.05) is 9.47 Å². The molecule has 3 aromatic rings. The number of anilines is 1. The molecule has 1 aliphatic heterocycles. The number of aromatic nitrogens is 2. The van der Waals surface area contributed by atoms with Gasteiger partial charge in [0.1, 0.15) is 15.9 Å². The third-order valence-electron chi connectivity index (χ3n) is 5.65. The van der Waals surface area contributed by atoms with Gasteiger partial charge in [-0.3, -0.25) is 14.0 Å². The van der Waals surface area contributed by atoms with Crippen LogP contribution in [0.1, 0.15) is 32.2 Å². The summed E-state index contributed by atoms with van der Waals surface area (Å²) in [6, 6.07) is 1.49. The Morgan fingerprint density at radius 2 is 2.07 bits per heavy atom. The third-order valence-corrected chi connectivity index (χ3v) is 6.53. The summed E-state index contributed by atoms with van der Waals surface area (Å²) in [5.74, 6) is 0.401. The van der Waals surface area contributed by atoms with E-state index < -0.39 is 16.8 Å². The first-order chi connectivity index (χ1) is 13.0. The van der Waals surface area contributed by atoms with Gasteiger partial charge in [0.25, 0.3) is 5.56 Å². The Morgan fingerprint density at radius 1 is 1.30 bits per heavy atom. The maximum atomic E-state index is 15.1. The molecule has 0 amide bonds. The molecule has 1 atom stereocenters. The van der Waals surface area contributed by atoms with E-state index in [1.54, 1.807) is 0 Å². The largest absolute Gasteiger partial charge is 0.492 e. The molecule has 2 aliphatic rings. The number of H-pyrrole nitrogens is 1. The van der Waals surface area contributed by atoms with Crippen LogP contribution in [0.5, 0.6) is 5.75 Å². The topological polar surface area (TPSA) is 67.3 Å². The summed E-state index contributed by atoms with van der Waals surface area (Å²) in [6.07, 6.45) is 2.93. The first kappa shape index (κ1) is 16.8. The number of nitrogens with zero attached hydrogens (tertiary/aromatic N) is 2. The summed E-state index contributed by atoms with van der Waals surface area (Å²) in [5, 5.41) is 0.326. The summed E-state index contributed by atoms with van der Waals surface area (Å²) >= 11 is 1.16. The number of hydrogen-bond acceptors (Lipinski definition) is 5. The van der Waals surface area contributed by atoms with Gasteiger partial charge >= 0.3 is 0 Å². The molecule has 0 bridgehead atoms. The third kappa shape index (κ3) is 2.35. The van der Waals surface area contributed by atoms with Crippen LogP contribution in [0, 0.1) is 11.7 Å². The van der Waals surface area contributed by atoms with Gasteiger partial charge in [0, 0.05) is 19.1 Å².